The third-order valence-electron chi connectivity index (χ3n) is 5.45. The first kappa shape index (κ1) is 24.1. The molecule has 1 saturated heterocycles. The molecule has 0 aliphatic carbocycles. The Morgan fingerprint density at radius 3 is 2.23 bits per heavy atom. The molecule has 2 aliphatic heterocycles. The van der Waals surface area contributed by atoms with E-state index in [-0.39, 0.29) is 24.4 Å². The van der Waals surface area contributed by atoms with Crippen LogP contribution < -0.4 is 10.4 Å². The molecule has 0 unspecified atom stereocenters. The Morgan fingerprint density at radius 2 is 1.58 bits per heavy atom. The van der Waals surface area contributed by atoms with Crippen molar-refractivity contribution in [3.63, 3.8) is 0 Å². The molecule has 0 aromatic heterocycles. The van der Waals surface area contributed by atoms with E-state index in [1.165, 1.54) is 12.8 Å². The summed E-state index contributed by atoms with van der Waals surface area (Å²) < 4.78 is 0. The zero-order valence-corrected chi connectivity index (χ0v) is 19.9. The Labute approximate surface area is 203 Å². The molecule has 0 saturated carbocycles. The first-order valence-electron chi connectivity index (χ1n) is 10.1. The summed E-state index contributed by atoms with van der Waals surface area (Å²) in [6.45, 7) is 1.73. The smallest absolute Gasteiger partial charge is 0.281 e. The molecule has 166 valence electrons. The molecule has 4 rings (SSSR count). The number of benzene rings is 2. The Bertz CT molecular complexity index is 943. The number of hydrazine groups is 1. The highest BCUT2D eigenvalue weighted by molar-refractivity contribution is 6.40. The standard InChI is InChI=1S/C22H23Cl3N4O.ClH/c23-16-7-5-15(6-8-16)21-14-19(22(30)27-28-11-3-1-2-4-12-28)26-29(21)20-10-9-17(24)13-18(20)25;/h5-10,13,21H,1-4,11-12,14H2,(H,27,30);1H/t21-;/m0./s1. The maximum absolute atomic E-state index is 13.0. The summed E-state index contributed by atoms with van der Waals surface area (Å²) in [4.78, 5) is 13.0. The number of nitrogens with one attached hydrogen (secondary N) is 1. The van der Waals surface area contributed by atoms with Crippen LogP contribution in [-0.4, -0.2) is 29.7 Å². The predicted molar refractivity (Wildman–Crippen MR) is 131 cm³/mol. The van der Waals surface area contributed by atoms with E-state index in [4.69, 9.17) is 34.8 Å². The lowest BCUT2D eigenvalue weighted by Gasteiger charge is -2.25. The van der Waals surface area contributed by atoms with E-state index in [0.29, 0.717) is 32.9 Å². The van der Waals surface area contributed by atoms with Gasteiger partial charge in [-0.15, -0.1) is 12.4 Å². The molecular formula is C22H24Cl4N4O. The number of anilines is 1. The summed E-state index contributed by atoms with van der Waals surface area (Å²) >= 11 is 18.6. The van der Waals surface area contributed by atoms with Gasteiger partial charge in [-0.3, -0.25) is 15.2 Å². The molecule has 1 N–H and O–H groups in total. The quantitative estimate of drug-likeness (QED) is 0.535. The Hall–Kier alpha value is -1.50. The summed E-state index contributed by atoms with van der Waals surface area (Å²) in [6, 6.07) is 12.7. The third-order valence-corrected chi connectivity index (χ3v) is 6.24. The highest BCUT2D eigenvalue weighted by Gasteiger charge is 2.34. The third kappa shape index (κ3) is 5.85. The zero-order valence-electron chi connectivity index (χ0n) is 16.9. The molecular weight excluding hydrogens is 478 g/mol. The summed E-state index contributed by atoms with van der Waals surface area (Å²) in [7, 11) is 0. The van der Waals surface area contributed by atoms with Gasteiger partial charge in [-0.25, -0.2) is 5.01 Å². The van der Waals surface area contributed by atoms with Crippen molar-refractivity contribution in [1.82, 2.24) is 10.4 Å². The molecule has 0 radical (unpaired) electrons. The van der Waals surface area contributed by atoms with Gasteiger partial charge in [-0.05, 0) is 48.7 Å². The van der Waals surface area contributed by atoms with E-state index in [2.05, 4.69) is 10.5 Å². The lowest BCUT2D eigenvalue weighted by Crippen LogP contribution is -2.45. The number of hydrogen-bond donors (Lipinski definition) is 1. The fourth-order valence-electron chi connectivity index (χ4n) is 3.87. The monoisotopic (exact) mass is 500 g/mol. The zero-order chi connectivity index (χ0) is 21.1. The first-order chi connectivity index (χ1) is 14.5. The maximum Gasteiger partial charge on any atom is 0.281 e. The topological polar surface area (TPSA) is 47.9 Å². The lowest BCUT2D eigenvalue weighted by atomic mass is 10.0. The second kappa shape index (κ2) is 10.9. The van der Waals surface area contributed by atoms with Crippen molar-refractivity contribution >= 4 is 64.5 Å². The van der Waals surface area contributed by atoms with Crippen molar-refractivity contribution in [2.24, 2.45) is 5.10 Å². The van der Waals surface area contributed by atoms with Gasteiger partial charge < -0.3 is 0 Å². The Balaban J connectivity index is 0.00000272. The van der Waals surface area contributed by atoms with Crippen molar-refractivity contribution in [3.05, 3.63) is 63.1 Å². The Morgan fingerprint density at radius 1 is 0.935 bits per heavy atom. The van der Waals surface area contributed by atoms with Crippen molar-refractivity contribution in [3.8, 4) is 0 Å². The SMILES string of the molecule is Cl.O=C(NN1CCCCCC1)C1=NN(c2ccc(Cl)cc2Cl)[C@H](c2ccc(Cl)cc2)C1. The van der Waals surface area contributed by atoms with Crippen molar-refractivity contribution in [2.75, 3.05) is 18.1 Å². The van der Waals surface area contributed by atoms with Crippen LogP contribution in [0.25, 0.3) is 0 Å². The molecule has 9 heteroatoms. The van der Waals surface area contributed by atoms with Crippen LogP contribution in [0.3, 0.4) is 0 Å². The van der Waals surface area contributed by atoms with Crippen LogP contribution in [0.2, 0.25) is 15.1 Å². The molecule has 2 aromatic rings. The fourth-order valence-corrected chi connectivity index (χ4v) is 4.49. The van der Waals surface area contributed by atoms with Crippen molar-refractivity contribution in [2.45, 2.75) is 38.1 Å². The number of amides is 1. The molecule has 0 spiro atoms. The number of carbonyl (C=O) groups is 1. The van der Waals surface area contributed by atoms with Gasteiger partial charge in [0, 0.05) is 29.6 Å². The molecule has 1 atom stereocenters. The molecule has 2 aromatic carbocycles. The minimum atomic E-state index is -0.163. The minimum absolute atomic E-state index is 0. The molecule has 31 heavy (non-hydrogen) atoms. The highest BCUT2D eigenvalue weighted by Crippen LogP contribution is 2.39. The van der Waals surface area contributed by atoms with E-state index in [1.807, 2.05) is 35.3 Å². The second-order valence-corrected chi connectivity index (χ2v) is 8.88. The molecule has 5 nitrogen and oxygen atoms in total. The minimum Gasteiger partial charge on any atom is -0.284 e. The molecule has 2 heterocycles. The largest absolute Gasteiger partial charge is 0.284 e. The van der Waals surface area contributed by atoms with E-state index < -0.39 is 0 Å². The molecule has 1 fully saturated rings. The van der Waals surface area contributed by atoms with Crippen LogP contribution in [0.15, 0.2) is 47.6 Å². The van der Waals surface area contributed by atoms with E-state index >= 15 is 0 Å². The highest BCUT2D eigenvalue weighted by atomic mass is 35.5. The van der Waals surface area contributed by atoms with Gasteiger partial charge in [-0.1, -0.05) is 59.8 Å². The van der Waals surface area contributed by atoms with Gasteiger partial charge in [0.25, 0.3) is 5.91 Å². The first-order valence-corrected chi connectivity index (χ1v) is 11.3. The fraction of sp³-hybridized carbons (Fsp3) is 0.364. The number of hydrazone groups is 1. The van der Waals surface area contributed by atoms with Gasteiger partial charge in [0.15, 0.2) is 0 Å². The predicted octanol–water partition coefficient (Wildman–Crippen LogP) is 6.28. The normalized spacial score (nSPS) is 19.4. The number of halogens is 4. The maximum atomic E-state index is 13.0. The lowest BCUT2D eigenvalue weighted by molar-refractivity contribution is -0.119. The molecule has 1 amide bonds. The average molecular weight is 502 g/mol. The number of hydrogen-bond acceptors (Lipinski definition) is 4. The van der Waals surface area contributed by atoms with Crippen LogP contribution in [-0.2, 0) is 4.79 Å². The van der Waals surface area contributed by atoms with Crippen LogP contribution >= 0.6 is 47.2 Å². The summed E-state index contributed by atoms with van der Waals surface area (Å²) in [6.07, 6.45) is 5.06. The van der Waals surface area contributed by atoms with Gasteiger partial charge in [0.2, 0.25) is 0 Å². The summed E-state index contributed by atoms with van der Waals surface area (Å²) in [5, 5.41) is 10.2. The van der Waals surface area contributed by atoms with Crippen LogP contribution in [0.5, 0.6) is 0 Å². The number of nitrogens with zero attached hydrogens (tertiary/aromatic N) is 3. The average Bonchev–Trinajstić information content (AvgIpc) is 3.00. The van der Waals surface area contributed by atoms with Crippen LogP contribution in [0, 0.1) is 0 Å². The number of carbonyl (C=O) groups excluding carboxylic acids is 1. The number of rotatable bonds is 4. The molecule has 2 aliphatic rings. The van der Waals surface area contributed by atoms with E-state index in [1.54, 1.807) is 17.1 Å². The summed E-state index contributed by atoms with van der Waals surface area (Å²) in [5.74, 6) is -0.163. The van der Waals surface area contributed by atoms with Gasteiger partial charge in [0.1, 0.15) is 5.71 Å². The van der Waals surface area contributed by atoms with Crippen LogP contribution in [0.1, 0.15) is 43.7 Å². The summed E-state index contributed by atoms with van der Waals surface area (Å²) in [5.41, 5.74) is 5.23. The second-order valence-electron chi connectivity index (χ2n) is 7.60. The van der Waals surface area contributed by atoms with E-state index in [9.17, 15) is 4.79 Å². The van der Waals surface area contributed by atoms with Crippen molar-refractivity contribution < 1.29 is 4.79 Å². The van der Waals surface area contributed by atoms with Gasteiger partial charge in [-0.2, -0.15) is 5.10 Å². The molecule has 0 bridgehead atoms. The van der Waals surface area contributed by atoms with Gasteiger partial charge in [0.05, 0.1) is 16.8 Å². The van der Waals surface area contributed by atoms with Gasteiger partial charge >= 0.3 is 0 Å². The Kier molecular flexibility index (Phi) is 8.48. The van der Waals surface area contributed by atoms with Crippen molar-refractivity contribution in [1.29, 1.82) is 0 Å². The van der Waals surface area contributed by atoms with Crippen LogP contribution in [0.4, 0.5) is 5.69 Å². The van der Waals surface area contributed by atoms with E-state index in [0.717, 1.165) is 31.5 Å².